The lowest BCUT2D eigenvalue weighted by Crippen LogP contribution is -2.57. The van der Waals surface area contributed by atoms with Crippen molar-refractivity contribution >= 4 is 28.7 Å². The summed E-state index contributed by atoms with van der Waals surface area (Å²) in [6, 6.07) is 38.2. The number of carbonyl (C=O) groups excluding carboxylic acids is 3. The molecule has 6 rings (SSSR count). The Kier molecular flexibility index (Phi) is 9.83. The Balaban J connectivity index is 1.27. The SMILES string of the molecule is CNNC(=O)[C@@H](Cc1ccccc1)N(C)C(=O)[C@@H](Cc1ccc2ccccc2c1)N(C)C(=O)OCC1c2ccccc2-c2ccccc21. The molecule has 0 aliphatic heterocycles. The number of ether oxygens (including phenoxy) is 1. The number of hydrogen-bond donors (Lipinski definition) is 2. The number of fused-ring (bicyclic) bond motifs is 4. The average molecular weight is 641 g/mol. The summed E-state index contributed by atoms with van der Waals surface area (Å²) in [5.41, 5.74) is 11.6. The van der Waals surface area contributed by atoms with Crippen molar-refractivity contribution in [3.05, 3.63) is 144 Å². The maximum Gasteiger partial charge on any atom is 0.410 e. The molecule has 5 aromatic rings. The fourth-order valence-corrected chi connectivity index (χ4v) is 6.64. The lowest BCUT2D eigenvalue weighted by molar-refractivity contribution is -0.142. The minimum atomic E-state index is -0.938. The zero-order valence-electron chi connectivity index (χ0n) is 27.4. The van der Waals surface area contributed by atoms with Gasteiger partial charge < -0.3 is 9.64 Å². The normalized spacial score (nSPS) is 13.2. The molecule has 0 aromatic heterocycles. The van der Waals surface area contributed by atoms with Gasteiger partial charge in [0.05, 0.1) is 0 Å². The van der Waals surface area contributed by atoms with Crippen LogP contribution in [-0.2, 0) is 27.2 Å². The molecule has 0 spiro atoms. The van der Waals surface area contributed by atoms with Gasteiger partial charge in [-0.25, -0.2) is 10.2 Å². The number of hydrazine groups is 1. The van der Waals surface area contributed by atoms with Gasteiger partial charge in [-0.3, -0.25) is 19.9 Å². The number of nitrogens with zero attached hydrogens (tertiary/aromatic N) is 2. The zero-order valence-corrected chi connectivity index (χ0v) is 27.4. The fourth-order valence-electron chi connectivity index (χ4n) is 6.64. The average Bonchev–Trinajstić information content (AvgIpc) is 3.44. The predicted molar refractivity (Wildman–Crippen MR) is 188 cm³/mol. The molecule has 0 unspecified atom stereocenters. The van der Waals surface area contributed by atoms with E-state index >= 15 is 0 Å². The van der Waals surface area contributed by atoms with E-state index in [2.05, 4.69) is 35.1 Å². The van der Waals surface area contributed by atoms with Gasteiger partial charge in [-0.05, 0) is 44.2 Å². The molecule has 0 fully saturated rings. The molecule has 0 heterocycles. The smallest absolute Gasteiger partial charge is 0.410 e. The minimum Gasteiger partial charge on any atom is -0.448 e. The second kappa shape index (κ2) is 14.5. The van der Waals surface area contributed by atoms with Crippen LogP contribution in [0.5, 0.6) is 0 Å². The number of amides is 3. The van der Waals surface area contributed by atoms with Gasteiger partial charge in [0.1, 0.15) is 18.7 Å². The summed E-state index contributed by atoms with van der Waals surface area (Å²) in [4.78, 5) is 44.4. The topological polar surface area (TPSA) is 91.0 Å². The Morgan fingerprint density at radius 2 is 1.25 bits per heavy atom. The predicted octanol–water partition coefficient (Wildman–Crippen LogP) is 5.95. The standard InChI is InChI=1S/C40H40N4O4/c1-41-42-38(45)36(24-27-13-5-4-6-14-27)43(2)39(46)37(25-28-21-22-29-15-7-8-16-30(29)23-28)44(3)40(47)48-26-35-33-19-11-9-17-31(33)32-18-10-12-20-34(32)35/h4-23,35-37,41H,24-26H2,1-3H3,(H,42,45)/t36-,37-/m1/s1. The first kappa shape index (κ1) is 32.5. The molecule has 0 radical (unpaired) electrons. The van der Waals surface area contributed by atoms with Crippen LogP contribution in [0.25, 0.3) is 21.9 Å². The summed E-state index contributed by atoms with van der Waals surface area (Å²) in [6.07, 6.45) is -0.0716. The largest absolute Gasteiger partial charge is 0.448 e. The Morgan fingerprint density at radius 3 is 1.92 bits per heavy atom. The van der Waals surface area contributed by atoms with Crippen LogP contribution in [0.15, 0.2) is 121 Å². The second-order valence-corrected chi connectivity index (χ2v) is 12.2. The Bertz CT molecular complexity index is 1880. The molecule has 2 atom stereocenters. The summed E-state index contributed by atoms with van der Waals surface area (Å²) in [5.74, 6) is -0.843. The van der Waals surface area contributed by atoms with Gasteiger partial charge in [0.25, 0.3) is 5.91 Å². The molecule has 8 heteroatoms. The molecule has 8 nitrogen and oxygen atoms in total. The van der Waals surface area contributed by atoms with Crippen molar-refractivity contribution in [1.29, 1.82) is 0 Å². The van der Waals surface area contributed by atoms with E-state index in [0.717, 1.165) is 44.2 Å². The van der Waals surface area contributed by atoms with Crippen LogP contribution in [-0.4, -0.2) is 67.5 Å². The van der Waals surface area contributed by atoms with E-state index in [-0.39, 0.29) is 30.8 Å². The highest BCUT2D eigenvalue weighted by Crippen LogP contribution is 2.44. The van der Waals surface area contributed by atoms with Crippen LogP contribution >= 0.6 is 0 Å². The minimum absolute atomic E-state index is 0.118. The third-order valence-corrected chi connectivity index (χ3v) is 9.26. The molecule has 1 aliphatic rings. The monoisotopic (exact) mass is 640 g/mol. The van der Waals surface area contributed by atoms with Gasteiger partial charge in [-0.1, -0.05) is 121 Å². The first-order valence-corrected chi connectivity index (χ1v) is 16.2. The molecule has 3 amide bonds. The molecule has 0 bridgehead atoms. The number of likely N-dealkylation sites (N-methyl/N-ethyl adjacent to an activating group) is 2. The highest BCUT2D eigenvalue weighted by Gasteiger charge is 2.36. The Morgan fingerprint density at radius 1 is 0.667 bits per heavy atom. The van der Waals surface area contributed by atoms with E-state index in [0.29, 0.717) is 6.42 Å². The summed E-state index contributed by atoms with van der Waals surface area (Å²) >= 11 is 0. The number of hydrogen-bond acceptors (Lipinski definition) is 5. The molecule has 48 heavy (non-hydrogen) atoms. The van der Waals surface area contributed by atoms with E-state index in [1.165, 1.54) is 9.80 Å². The van der Waals surface area contributed by atoms with Gasteiger partial charge >= 0.3 is 6.09 Å². The Labute approximate surface area is 281 Å². The van der Waals surface area contributed by atoms with Crippen LogP contribution in [0.4, 0.5) is 4.79 Å². The first-order valence-electron chi connectivity index (χ1n) is 16.2. The maximum absolute atomic E-state index is 14.5. The van der Waals surface area contributed by atoms with Crippen LogP contribution in [0.1, 0.15) is 28.2 Å². The van der Waals surface area contributed by atoms with Gasteiger partial charge in [-0.15, -0.1) is 0 Å². The third kappa shape index (κ3) is 6.80. The van der Waals surface area contributed by atoms with Gasteiger partial charge in [0, 0.05) is 39.9 Å². The highest BCUT2D eigenvalue weighted by atomic mass is 16.6. The van der Waals surface area contributed by atoms with Gasteiger partial charge in [0.2, 0.25) is 5.91 Å². The van der Waals surface area contributed by atoms with Gasteiger partial charge in [0.15, 0.2) is 0 Å². The van der Waals surface area contributed by atoms with Crippen molar-refractivity contribution in [2.45, 2.75) is 30.8 Å². The first-order chi connectivity index (χ1) is 23.4. The van der Waals surface area contributed by atoms with Crippen molar-refractivity contribution in [3.63, 3.8) is 0 Å². The molecule has 5 aromatic carbocycles. The van der Waals surface area contributed by atoms with Crippen molar-refractivity contribution in [2.24, 2.45) is 0 Å². The van der Waals surface area contributed by atoms with E-state index in [1.807, 2.05) is 97.1 Å². The van der Waals surface area contributed by atoms with Crippen molar-refractivity contribution in [1.82, 2.24) is 20.7 Å². The molecular formula is C40H40N4O4. The molecule has 1 aliphatic carbocycles. The summed E-state index contributed by atoms with van der Waals surface area (Å²) < 4.78 is 5.99. The lowest BCUT2D eigenvalue weighted by atomic mass is 9.98. The number of rotatable bonds is 11. The maximum atomic E-state index is 14.5. The van der Waals surface area contributed by atoms with E-state index in [4.69, 9.17) is 4.74 Å². The third-order valence-electron chi connectivity index (χ3n) is 9.26. The van der Waals surface area contributed by atoms with Crippen LogP contribution in [0, 0.1) is 0 Å². The van der Waals surface area contributed by atoms with Crippen LogP contribution < -0.4 is 10.9 Å². The highest BCUT2D eigenvalue weighted by molar-refractivity contribution is 5.92. The fraction of sp³-hybridized carbons (Fsp3) is 0.225. The molecule has 0 saturated carbocycles. The summed E-state index contributed by atoms with van der Waals surface area (Å²) in [6.45, 7) is 0.130. The molecule has 2 N–H and O–H groups in total. The van der Waals surface area contributed by atoms with E-state index < -0.39 is 18.2 Å². The van der Waals surface area contributed by atoms with Crippen molar-refractivity contribution < 1.29 is 19.1 Å². The number of carbonyl (C=O) groups is 3. The Hall–Kier alpha value is -5.47. The quantitative estimate of drug-likeness (QED) is 0.174. The van der Waals surface area contributed by atoms with Crippen LogP contribution in [0.2, 0.25) is 0 Å². The molecule has 0 saturated heterocycles. The summed E-state index contributed by atoms with van der Waals surface area (Å²) in [7, 11) is 4.81. The van der Waals surface area contributed by atoms with E-state index in [9.17, 15) is 14.4 Å². The van der Waals surface area contributed by atoms with Crippen LogP contribution in [0.3, 0.4) is 0 Å². The number of nitrogens with one attached hydrogen (secondary N) is 2. The summed E-state index contributed by atoms with van der Waals surface area (Å²) in [5, 5.41) is 2.12. The zero-order chi connectivity index (χ0) is 33.6. The van der Waals surface area contributed by atoms with Gasteiger partial charge in [-0.2, -0.15) is 0 Å². The molecular weight excluding hydrogens is 600 g/mol. The van der Waals surface area contributed by atoms with Crippen molar-refractivity contribution in [3.8, 4) is 11.1 Å². The van der Waals surface area contributed by atoms with E-state index in [1.54, 1.807) is 21.1 Å². The number of benzene rings is 5. The second-order valence-electron chi connectivity index (χ2n) is 12.2. The molecule has 244 valence electrons. The van der Waals surface area contributed by atoms with Crippen molar-refractivity contribution in [2.75, 3.05) is 27.7 Å². The lowest BCUT2D eigenvalue weighted by Gasteiger charge is -2.34.